The number of benzene rings is 3. The zero-order chi connectivity index (χ0) is 19.8. The quantitative estimate of drug-likeness (QED) is 0.649. The van der Waals surface area contributed by atoms with Crippen molar-refractivity contribution in [1.82, 2.24) is 5.32 Å². The second-order valence-corrected chi connectivity index (χ2v) is 8.08. The summed E-state index contributed by atoms with van der Waals surface area (Å²) in [5.74, 6) is 1.98. The number of thioether (sulfide) groups is 1. The lowest BCUT2D eigenvalue weighted by molar-refractivity contribution is -0.115. The third kappa shape index (κ3) is 3.36. The number of carbonyl (C=O) groups excluding carboxylic acids is 2. The lowest BCUT2D eigenvalue weighted by Crippen LogP contribution is -2.31. The van der Waals surface area contributed by atoms with E-state index in [1.165, 1.54) is 0 Å². The molecule has 2 heterocycles. The Morgan fingerprint density at radius 2 is 1.69 bits per heavy atom. The van der Waals surface area contributed by atoms with Crippen molar-refractivity contribution in [2.75, 3.05) is 11.1 Å². The zero-order valence-electron chi connectivity index (χ0n) is 15.5. The van der Waals surface area contributed by atoms with Crippen LogP contribution in [0.1, 0.15) is 33.9 Å². The molecule has 0 radical (unpaired) electrons. The van der Waals surface area contributed by atoms with Crippen molar-refractivity contribution in [1.29, 1.82) is 0 Å². The second kappa shape index (κ2) is 7.29. The molecule has 0 saturated carbocycles. The average Bonchev–Trinajstić information content (AvgIpc) is 2.93. The fraction of sp³-hybridized carbons (Fsp3) is 0.130. The molecule has 2 aliphatic heterocycles. The standard InChI is InChI=1S/C23H18N2O3S/c26-21-11-12-29-20-10-9-14(13-17(20)24-21)23(27)25-22-15-5-1-3-7-18(15)28-19-8-4-2-6-16(19)22/h1-10,13,22H,11-12H2,(H,24,26)(H,25,27). The van der Waals surface area contributed by atoms with Gasteiger partial charge in [-0.2, -0.15) is 0 Å². The van der Waals surface area contributed by atoms with Gasteiger partial charge in [0.05, 0.1) is 11.7 Å². The Kier molecular flexibility index (Phi) is 4.48. The van der Waals surface area contributed by atoms with Crippen LogP contribution in [0.3, 0.4) is 0 Å². The molecule has 0 aromatic heterocycles. The molecule has 0 spiro atoms. The summed E-state index contributed by atoms with van der Waals surface area (Å²) in [6.45, 7) is 0. The summed E-state index contributed by atoms with van der Waals surface area (Å²) in [7, 11) is 0. The van der Waals surface area contributed by atoms with E-state index in [1.54, 1.807) is 23.9 Å². The number of ether oxygens (including phenoxy) is 1. The van der Waals surface area contributed by atoms with E-state index in [0.717, 1.165) is 33.3 Å². The van der Waals surface area contributed by atoms with Crippen molar-refractivity contribution >= 4 is 29.3 Å². The highest BCUT2D eigenvalue weighted by atomic mass is 32.2. The van der Waals surface area contributed by atoms with Crippen LogP contribution in [0.4, 0.5) is 5.69 Å². The molecule has 144 valence electrons. The number of nitrogens with one attached hydrogen (secondary N) is 2. The van der Waals surface area contributed by atoms with Crippen LogP contribution >= 0.6 is 11.8 Å². The predicted molar refractivity (Wildman–Crippen MR) is 113 cm³/mol. The van der Waals surface area contributed by atoms with Crippen LogP contribution < -0.4 is 15.4 Å². The highest BCUT2D eigenvalue weighted by Crippen LogP contribution is 2.42. The van der Waals surface area contributed by atoms with Crippen LogP contribution in [0, 0.1) is 0 Å². The zero-order valence-corrected chi connectivity index (χ0v) is 16.3. The van der Waals surface area contributed by atoms with Crippen molar-refractivity contribution in [3.8, 4) is 11.5 Å². The number of anilines is 1. The van der Waals surface area contributed by atoms with E-state index in [0.29, 0.717) is 17.7 Å². The maximum Gasteiger partial charge on any atom is 0.252 e. The largest absolute Gasteiger partial charge is 0.457 e. The van der Waals surface area contributed by atoms with Gasteiger partial charge in [-0.15, -0.1) is 11.8 Å². The SMILES string of the molecule is O=C1CCSc2ccc(C(=O)NC3c4ccccc4Oc4ccccc43)cc2N1. The minimum absolute atomic E-state index is 0.0268. The maximum atomic E-state index is 13.1. The molecule has 0 saturated heterocycles. The number of carbonyl (C=O) groups is 2. The highest BCUT2D eigenvalue weighted by molar-refractivity contribution is 7.99. The van der Waals surface area contributed by atoms with E-state index in [1.807, 2.05) is 54.6 Å². The molecule has 0 aliphatic carbocycles. The topological polar surface area (TPSA) is 67.4 Å². The van der Waals surface area contributed by atoms with E-state index in [2.05, 4.69) is 10.6 Å². The number of para-hydroxylation sites is 2. The van der Waals surface area contributed by atoms with E-state index >= 15 is 0 Å². The van der Waals surface area contributed by atoms with Crippen LogP contribution in [0.25, 0.3) is 0 Å². The molecule has 2 amide bonds. The molecule has 0 fully saturated rings. The van der Waals surface area contributed by atoms with Crippen molar-refractivity contribution in [3.63, 3.8) is 0 Å². The Bertz CT molecular complexity index is 1080. The normalized spacial score (nSPS) is 15.1. The minimum atomic E-state index is -0.313. The van der Waals surface area contributed by atoms with Crippen LogP contribution in [-0.2, 0) is 4.79 Å². The molecule has 0 bridgehead atoms. The van der Waals surface area contributed by atoms with E-state index in [-0.39, 0.29) is 17.9 Å². The van der Waals surface area contributed by atoms with Gasteiger partial charge >= 0.3 is 0 Å². The molecule has 0 unspecified atom stereocenters. The van der Waals surface area contributed by atoms with Crippen LogP contribution in [0.2, 0.25) is 0 Å². The maximum absolute atomic E-state index is 13.1. The van der Waals surface area contributed by atoms with Crippen molar-refractivity contribution < 1.29 is 14.3 Å². The first-order valence-corrected chi connectivity index (χ1v) is 10.4. The van der Waals surface area contributed by atoms with Crippen molar-refractivity contribution in [3.05, 3.63) is 83.4 Å². The van der Waals surface area contributed by atoms with Gasteiger partial charge in [-0.25, -0.2) is 0 Å². The molecule has 3 aromatic rings. The number of hydrogen-bond donors (Lipinski definition) is 2. The Balaban J connectivity index is 1.48. The van der Waals surface area contributed by atoms with Crippen LogP contribution in [0.15, 0.2) is 71.6 Å². The first-order valence-electron chi connectivity index (χ1n) is 9.42. The number of hydrogen-bond acceptors (Lipinski definition) is 4. The Morgan fingerprint density at radius 1 is 1.00 bits per heavy atom. The molecule has 2 N–H and O–H groups in total. The lowest BCUT2D eigenvalue weighted by atomic mass is 9.94. The first-order chi connectivity index (χ1) is 14.2. The molecule has 29 heavy (non-hydrogen) atoms. The van der Waals surface area contributed by atoms with E-state index in [4.69, 9.17) is 4.74 Å². The number of amides is 2. The third-order valence-corrected chi connectivity index (χ3v) is 6.13. The van der Waals surface area contributed by atoms with Crippen molar-refractivity contribution in [2.45, 2.75) is 17.4 Å². The van der Waals surface area contributed by atoms with E-state index in [9.17, 15) is 9.59 Å². The molecule has 5 rings (SSSR count). The molecule has 5 nitrogen and oxygen atoms in total. The van der Waals surface area contributed by atoms with Gasteiger partial charge in [0.1, 0.15) is 11.5 Å². The van der Waals surface area contributed by atoms with Gasteiger partial charge in [0.25, 0.3) is 5.91 Å². The van der Waals surface area contributed by atoms with Crippen LogP contribution in [-0.4, -0.2) is 17.6 Å². The summed E-state index contributed by atoms with van der Waals surface area (Å²) in [6.07, 6.45) is 0.469. The Labute approximate surface area is 172 Å². The molecule has 2 aliphatic rings. The van der Waals surface area contributed by atoms with Gasteiger partial charge in [0.15, 0.2) is 0 Å². The Hall–Kier alpha value is -3.25. The minimum Gasteiger partial charge on any atom is -0.457 e. The van der Waals surface area contributed by atoms with Gasteiger partial charge in [0.2, 0.25) is 5.91 Å². The summed E-state index contributed by atoms with van der Waals surface area (Å²) in [5.41, 5.74) is 3.03. The molecule has 0 atom stereocenters. The highest BCUT2D eigenvalue weighted by Gasteiger charge is 2.28. The molecular formula is C23H18N2O3S. The molecule has 3 aromatic carbocycles. The lowest BCUT2D eigenvalue weighted by Gasteiger charge is -2.28. The van der Waals surface area contributed by atoms with Gasteiger partial charge in [-0.3, -0.25) is 9.59 Å². The van der Waals surface area contributed by atoms with Gasteiger partial charge < -0.3 is 15.4 Å². The molecule has 6 heteroatoms. The summed E-state index contributed by atoms with van der Waals surface area (Å²) in [5, 5.41) is 6.04. The van der Waals surface area contributed by atoms with Gasteiger partial charge in [-0.1, -0.05) is 36.4 Å². The van der Waals surface area contributed by atoms with Gasteiger partial charge in [-0.05, 0) is 30.3 Å². The first kappa shape index (κ1) is 17.8. The monoisotopic (exact) mass is 402 g/mol. The fourth-order valence-corrected chi connectivity index (χ4v) is 4.58. The number of fused-ring (bicyclic) bond motifs is 3. The average molecular weight is 402 g/mol. The van der Waals surface area contributed by atoms with Crippen LogP contribution in [0.5, 0.6) is 11.5 Å². The predicted octanol–water partition coefficient (Wildman–Crippen LogP) is 4.75. The summed E-state index contributed by atoms with van der Waals surface area (Å²) in [6, 6.07) is 20.6. The summed E-state index contributed by atoms with van der Waals surface area (Å²) in [4.78, 5) is 26.0. The summed E-state index contributed by atoms with van der Waals surface area (Å²) < 4.78 is 5.99. The number of rotatable bonds is 2. The Morgan fingerprint density at radius 3 is 2.41 bits per heavy atom. The fourth-order valence-electron chi connectivity index (χ4n) is 3.64. The second-order valence-electron chi connectivity index (χ2n) is 6.94. The van der Waals surface area contributed by atoms with Gasteiger partial charge in [0, 0.05) is 33.8 Å². The smallest absolute Gasteiger partial charge is 0.252 e. The summed E-state index contributed by atoms with van der Waals surface area (Å²) >= 11 is 1.62. The third-order valence-electron chi connectivity index (χ3n) is 5.06. The van der Waals surface area contributed by atoms with E-state index < -0.39 is 0 Å². The molecular weight excluding hydrogens is 384 g/mol. The van der Waals surface area contributed by atoms with Crippen molar-refractivity contribution in [2.24, 2.45) is 0 Å².